The summed E-state index contributed by atoms with van der Waals surface area (Å²) in [4.78, 5) is 3.63. The normalized spacial score (nSPS) is 11.3. The monoisotopic (exact) mass is 301 g/mol. The minimum absolute atomic E-state index is 0.0652. The molecule has 1 aromatic carbocycles. The van der Waals surface area contributed by atoms with E-state index in [2.05, 4.69) is 9.71 Å². The van der Waals surface area contributed by atoms with Gasteiger partial charge in [-0.25, -0.2) is 17.8 Å². The number of sulfonamides is 1. The average Bonchev–Trinajstić information content (AvgIpc) is 2.32. The molecule has 2 rings (SSSR count). The van der Waals surface area contributed by atoms with Gasteiger partial charge in [0.15, 0.2) is 0 Å². The number of aromatic nitrogens is 1. The molecule has 2 aromatic rings. The zero-order valence-corrected chi connectivity index (χ0v) is 11.0. The van der Waals surface area contributed by atoms with Crippen molar-refractivity contribution in [3.8, 4) is 0 Å². The predicted molar refractivity (Wildman–Crippen MR) is 70.9 cm³/mol. The topological polar surface area (TPSA) is 85.1 Å². The van der Waals surface area contributed by atoms with Crippen LogP contribution in [-0.2, 0) is 10.0 Å². The molecule has 1 heterocycles. The van der Waals surface area contributed by atoms with Crippen LogP contribution < -0.4 is 10.5 Å². The molecule has 0 aliphatic carbocycles. The zero-order valence-electron chi connectivity index (χ0n) is 9.47. The Labute approximate surface area is 114 Å². The third-order valence-corrected chi connectivity index (χ3v) is 3.79. The molecule has 3 N–H and O–H groups in total. The first-order valence-corrected chi connectivity index (χ1v) is 6.95. The summed E-state index contributed by atoms with van der Waals surface area (Å²) in [5, 5.41) is 0.152. The number of benzene rings is 1. The van der Waals surface area contributed by atoms with Gasteiger partial charge in [0.2, 0.25) is 0 Å². The molecule has 0 spiro atoms. The summed E-state index contributed by atoms with van der Waals surface area (Å²) < 4.78 is 39.2. The number of nitrogen functional groups attached to an aromatic ring is 1. The molecule has 0 saturated carbocycles. The Hall–Kier alpha value is -1.86. The standard InChI is InChI=1S/C11H9ClFN3O2S/c12-10-2-1-3-11(15-10)16-19(17,18)7-4-5-8(13)9(14)6-7/h1-6H,14H2,(H,15,16). The minimum atomic E-state index is -3.89. The second kappa shape index (κ2) is 5.02. The molecular formula is C11H9ClFN3O2S. The van der Waals surface area contributed by atoms with E-state index in [1.165, 1.54) is 12.1 Å². The number of hydrogen-bond donors (Lipinski definition) is 2. The van der Waals surface area contributed by atoms with Crippen molar-refractivity contribution < 1.29 is 12.8 Å². The number of rotatable bonds is 3. The molecule has 8 heteroatoms. The molecule has 0 fully saturated rings. The number of anilines is 2. The molecular weight excluding hydrogens is 293 g/mol. The lowest BCUT2D eigenvalue weighted by Crippen LogP contribution is -2.14. The SMILES string of the molecule is Nc1cc(S(=O)(=O)Nc2cccc(Cl)n2)ccc1F. The summed E-state index contributed by atoms with van der Waals surface area (Å²) in [7, 11) is -3.89. The fourth-order valence-corrected chi connectivity index (χ4v) is 2.55. The number of hydrogen-bond acceptors (Lipinski definition) is 4. The molecule has 0 saturated heterocycles. The fraction of sp³-hybridized carbons (Fsp3) is 0. The molecule has 0 aliphatic rings. The van der Waals surface area contributed by atoms with Crippen molar-refractivity contribution in [1.29, 1.82) is 0 Å². The fourth-order valence-electron chi connectivity index (χ4n) is 1.35. The zero-order chi connectivity index (χ0) is 14.0. The van der Waals surface area contributed by atoms with E-state index in [1.807, 2.05) is 0 Å². The maximum atomic E-state index is 13.0. The molecule has 0 aliphatic heterocycles. The highest BCUT2D eigenvalue weighted by molar-refractivity contribution is 7.92. The average molecular weight is 302 g/mol. The second-order valence-corrected chi connectivity index (χ2v) is 5.70. The Bertz CT molecular complexity index is 722. The van der Waals surface area contributed by atoms with Crippen molar-refractivity contribution in [3.05, 3.63) is 47.4 Å². The summed E-state index contributed by atoms with van der Waals surface area (Å²) in [6.45, 7) is 0. The Morgan fingerprint density at radius 1 is 1.26 bits per heavy atom. The highest BCUT2D eigenvalue weighted by atomic mass is 35.5. The highest BCUT2D eigenvalue weighted by Gasteiger charge is 2.16. The van der Waals surface area contributed by atoms with Crippen molar-refractivity contribution in [3.63, 3.8) is 0 Å². The van der Waals surface area contributed by atoms with Gasteiger partial charge in [-0.2, -0.15) is 0 Å². The lowest BCUT2D eigenvalue weighted by atomic mass is 10.3. The van der Waals surface area contributed by atoms with Crippen LogP contribution in [0.1, 0.15) is 0 Å². The molecule has 0 unspecified atom stereocenters. The van der Waals surface area contributed by atoms with Crippen molar-refractivity contribution in [2.24, 2.45) is 0 Å². The van der Waals surface area contributed by atoms with Crippen LogP contribution in [0.25, 0.3) is 0 Å². The van der Waals surface area contributed by atoms with Crippen LogP contribution in [0.15, 0.2) is 41.3 Å². The van der Waals surface area contributed by atoms with Gasteiger partial charge in [0.05, 0.1) is 10.6 Å². The van der Waals surface area contributed by atoms with E-state index in [1.54, 1.807) is 6.07 Å². The lowest BCUT2D eigenvalue weighted by Gasteiger charge is -2.08. The van der Waals surface area contributed by atoms with Crippen LogP contribution in [0.4, 0.5) is 15.9 Å². The summed E-state index contributed by atoms with van der Waals surface area (Å²) in [5.74, 6) is -0.616. The van der Waals surface area contributed by atoms with Crippen molar-refractivity contribution in [2.45, 2.75) is 4.90 Å². The number of pyridine rings is 1. The van der Waals surface area contributed by atoms with Gasteiger partial charge >= 0.3 is 0 Å². The molecule has 0 atom stereocenters. The van der Waals surface area contributed by atoms with E-state index in [4.69, 9.17) is 17.3 Å². The Balaban J connectivity index is 2.35. The largest absolute Gasteiger partial charge is 0.396 e. The summed E-state index contributed by atoms with van der Waals surface area (Å²) in [6.07, 6.45) is 0. The highest BCUT2D eigenvalue weighted by Crippen LogP contribution is 2.19. The van der Waals surface area contributed by atoms with Crippen LogP contribution >= 0.6 is 11.6 Å². The van der Waals surface area contributed by atoms with E-state index >= 15 is 0 Å². The van der Waals surface area contributed by atoms with Crippen LogP contribution in [-0.4, -0.2) is 13.4 Å². The van der Waals surface area contributed by atoms with Gasteiger partial charge in [0.25, 0.3) is 10.0 Å². The molecule has 0 radical (unpaired) electrons. The minimum Gasteiger partial charge on any atom is -0.396 e. The van der Waals surface area contributed by atoms with Crippen LogP contribution in [0, 0.1) is 5.82 Å². The maximum absolute atomic E-state index is 13.0. The first kappa shape index (κ1) is 13.6. The molecule has 1 aromatic heterocycles. The van der Waals surface area contributed by atoms with E-state index in [0.717, 1.165) is 18.2 Å². The third kappa shape index (κ3) is 3.12. The lowest BCUT2D eigenvalue weighted by molar-refractivity contribution is 0.600. The van der Waals surface area contributed by atoms with Gasteiger partial charge in [0.1, 0.15) is 16.8 Å². The number of nitrogens with two attached hydrogens (primary N) is 1. The molecule has 19 heavy (non-hydrogen) atoms. The van der Waals surface area contributed by atoms with Crippen LogP contribution in [0.3, 0.4) is 0 Å². The third-order valence-electron chi connectivity index (χ3n) is 2.23. The van der Waals surface area contributed by atoms with Crippen LogP contribution in [0.2, 0.25) is 5.15 Å². The van der Waals surface area contributed by atoms with Gasteiger partial charge in [-0.05, 0) is 30.3 Å². The molecule has 0 bridgehead atoms. The van der Waals surface area contributed by atoms with Gasteiger partial charge in [0, 0.05) is 0 Å². The van der Waals surface area contributed by atoms with E-state index in [9.17, 15) is 12.8 Å². The quantitative estimate of drug-likeness (QED) is 0.672. The van der Waals surface area contributed by atoms with Crippen molar-refractivity contribution >= 4 is 33.1 Å². The van der Waals surface area contributed by atoms with E-state index < -0.39 is 15.8 Å². The van der Waals surface area contributed by atoms with Gasteiger partial charge in [-0.3, -0.25) is 4.72 Å². The molecule has 5 nitrogen and oxygen atoms in total. The molecule has 100 valence electrons. The van der Waals surface area contributed by atoms with Gasteiger partial charge in [-0.1, -0.05) is 17.7 Å². The first-order valence-electron chi connectivity index (χ1n) is 5.09. The smallest absolute Gasteiger partial charge is 0.263 e. The summed E-state index contributed by atoms with van der Waals surface area (Å²) >= 11 is 5.65. The van der Waals surface area contributed by atoms with Crippen LogP contribution in [0.5, 0.6) is 0 Å². The Morgan fingerprint density at radius 2 is 2.00 bits per heavy atom. The predicted octanol–water partition coefficient (Wildman–Crippen LogP) is 2.26. The Kier molecular flexibility index (Phi) is 3.59. The first-order chi connectivity index (χ1) is 8.88. The summed E-state index contributed by atoms with van der Waals surface area (Å²) in [6, 6.07) is 7.62. The van der Waals surface area contributed by atoms with E-state index in [0.29, 0.717) is 0 Å². The van der Waals surface area contributed by atoms with Gasteiger partial charge < -0.3 is 5.73 Å². The number of halogens is 2. The number of nitrogens with zero attached hydrogens (tertiary/aromatic N) is 1. The van der Waals surface area contributed by atoms with Gasteiger partial charge in [-0.15, -0.1) is 0 Å². The molecule has 0 amide bonds. The van der Waals surface area contributed by atoms with Crippen molar-refractivity contribution in [1.82, 2.24) is 4.98 Å². The second-order valence-electron chi connectivity index (χ2n) is 3.63. The maximum Gasteiger partial charge on any atom is 0.263 e. The summed E-state index contributed by atoms with van der Waals surface area (Å²) in [5.41, 5.74) is 5.08. The number of nitrogens with one attached hydrogen (secondary N) is 1. The van der Waals surface area contributed by atoms with E-state index in [-0.39, 0.29) is 21.6 Å². The van der Waals surface area contributed by atoms with Crippen molar-refractivity contribution in [2.75, 3.05) is 10.5 Å². The Morgan fingerprint density at radius 3 is 2.63 bits per heavy atom.